The van der Waals surface area contributed by atoms with E-state index in [0.29, 0.717) is 15.6 Å². The molecule has 0 spiro atoms. The van der Waals surface area contributed by atoms with Crippen molar-refractivity contribution < 1.29 is 14.7 Å². The fraction of sp³-hybridized carbons (Fsp3) is 0.0769. The summed E-state index contributed by atoms with van der Waals surface area (Å²) in [6.07, 6.45) is 3.02. The molecule has 3 aromatic carbocycles. The number of benzene rings is 3. The minimum atomic E-state index is -0.801. The van der Waals surface area contributed by atoms with Gasteiger partial charge >= 0.3 is 0 Å². The molecule has 0 saturated heterocycles. The van der Waals surface area contributed by atoms with Gasteiger partial charge in [0.1, 0.15) is 0 Å². The number of hydrogen-bond acceptors (Lipinski definition) is 3. The van der Waals surface area contributed by atoms with E-state index in [-0.39, 0.29) is 12.1 Å². The van der Waals surface area contributed by atoms with Crippen LogP contribution in [0.4, 0.5) is 0 Å². The number of halogens is 2. The van der Waals surface area contributed by atoms with Gasteiger partial charge in [-0.25, -0.2) is 0 Å². The van der Waals surface area contributed by atoms with Gasteiger partial charge < -0.3 is 10.0 Å². The van der Waals surface area contributed by atoms with E-state index in [1.165, 1.54) is 11.0 Å². The van der Waals surface area contributed by atoms with E-state index in [1.54, 1.807) is 24.3 Å². The first-order valence-corrected chi connectivity index (χ1v) is 10.7. The Balaban J connectivity index is 1.75. The topological polar surface area (TPSA) is 57.6 Å². The second kappa shape index (κ2) is 9.43. The van der Waals surface area contributed by atoms with Crippen molar-refractivity contribution in [2.24, 2.45) is 0 Å². The van der Waals surface area contributed by atoms with E-state index in [9.17, 15) is 14.7 Å². The molecule has 1 amide bonds. The Morgan fingerprint density at radius 1 is 0.938 bits per heavy atom. The van der Waals surface area contributed by atoms with Crippen molar-refractivity contribution in [1.29, 1.82) is 0 Å². The van der Waals surface area contributed by atoms with Gasteiger partial charge in [-0.15, -0.1) is 0 Å². The number of carbonyl (C=O) groups excluding carboxylic acids is 2. The number of nitrogens with zero attached hydrogens (tertiary/aromatic N) is 1. The summed E-state index contributed by atoms with van der Waals surface area (Å²) in [5, 5.41) is 11.4. The van der Waals surface area contributed by atoms with Gasteiger partial charge in [0.05, 0.1) is 21.7 Å². The second-order valence-corrected chi connectivity index (χ2v) is 8.18. The van der Waals surface area contributed by atoms with Crippen LogP contribution in [0.1, 0.15) is 22.7 Å². The lowest BCUT2D eigenvalue weighted by Gasteiger charge is -2.27. The summed E-state index contributed by atoms with van der Waals surface area (Å²) in [5.74, 6) is -1.62. The largest absolute Gasteiger partial charge is 0.503 e. The second-order valence-electron chi connectivity index (χ2n) is 7.37. The highest BCUT2D eigenvalue weighted by Crippen LogP contribution is 2.40. The molecule has 1 heterocycles. The van der Waals surface area contributed by atoms with Crippen molar-refractivity contribution in [3.05, 3.63) is 123 Å². The van der Waals surface area contributed by atoms with Crippen LogP contribution in [-0.2, 0) is 16.1 Å². The van der Waals surface area contributed by atoms with Gasteiger partial charge in [0, 0.05) is 6.54 Å². The van der Waals surface area contributed by atoms with E-state index >= 15 is 0 Å². The monoisotopic (exact) mass is 463 g/mol. The first-order chi connectivity index (χ1) is 15.5. The van der Waals surface area contributed by atoms with Crippen LogP contribution in [0.3, 0.4) is 0 Å². The molecule has 4 nitrogen and oxygen atoms in total. The summed E-state index contributed by atoms with van der Waals surface area (Å²) in [6, 6.07) is 22.8. The number of carbonyl (C=O) groups is 2. The third kappa shape index (κ3) is 4.47. The molecule has 3 aromatic rings. The Bertz CT molecular complexity index is 1220. The molecule has 160 valence electrons. The molecule has 0 radical (unpaired) electrons. The maximum Gasteiger partial charge on any atom is 0.290 e. The summed E-state index contributed by atoms with van der Waals surface area (Å²) >= 11 is 12.3. The number of aliphatic hydroxyl groups excluding tert-OH is 1. The molecule has 0 saturated carbocycles. The predicted molar refractivity (Wildman–Crippen MR) is 126 cm³/mol. The molecule has 0 aliphatic carbocycles. The molecular formula is C26H19Cl2NO3. The van der Waals surface area contributed by atoms with E-state index in [2.05, 4.69) is 0 Å². The van der Waals surface area contributed by atoms with Crippen molar-refractivity contribution >= 4 is 41.0 Å². The average molecular weight is 464 g/mol. The van der Waals surface area contributed by atoms with E-state index in [4.69, 9.17) is 23.2 Å². The number of aliphatic hydroxyl groups is 1. The molecule has 1 aliphatic rings. The molecule has 1 N–H and O–H groups in total. The smallest absolute Gasteiger partial charge is 0.290 e. The van der Waals surface area contributed by atoms with Crippen molar-refractivity contribution in [3.63, 3.8) is 0 Å². The lowest BCUT2D eigenvalue weighted by molar-refractivity contribution is -0.130. The molecule has 32 heavy (non-hydrogen) atoms. The molecule has 0 fully saturated rings. The van der Waals surface area contributed by atoms with Gasteiger partial charge in [-0.05, 0) is 34.9 Å². The van der Waals surface area contributed by atoms with Gasteiger partial charge in [-0.2, -0.15) is 0 Å². The van der Waals surface area contributed by atoms with Gasteiger partial charge in [0.25, 0.3) is 5.91 Å². The normalized spacial score (nSPS) is 16.2. The van der Waals surface area contributed by atoms with Crippen LogP contribution in [-0.4, -0.2) is 21.7 Å². The van der Waals surface area contributed by atoms with Crippen LogP contribution in [0.15, 0.2) is 96.3 Å². The summed E-state index contributed by atoms with van der Waals surface area (Å²) in [7, 11) is 0. The lowest BCUT2D eigenvalue weighted by Crippen LogP contribution is -2.30. The highest BCUT2D eigenvalue weighted by molar-refractivity contribution is 6.42. The van der Waals surface area contributed by atoms with Crippen molar-refractivity contribution in [1.82, 2.24) is 4.90 Å². The van der Waals surface area contributed by atoms with Crippen LogP contribution in [0.5, 0.6) is 0 Å². The van der Waals surface area contributed by atoms with Crippen LogP contribution in [0.25, 0.3) is 6.08 Å². The molecular weight excluding hydrogens is 445 g/mol. The van der Waals surface area contributed by atoms with Crippen LogP contribution in [0.2, 0.25) is 10.0 Å². The number of ketones is 1. The Kier molecular flexibility index (Phi) is 6.45. The van der Waals surface area contributed by atoms with E-state index < -0.39 is 23.5 Å². The van der Waals surface area contributed by atoms with Crippen molar-refractivity contribution in [2.45, 2.75) is 12.6 Å². The van der Waals surface area contributed by atoms with Crippen molar-refractivity contribution in [2.75, 3.05) is 0 Å². The molecule has 0 aromatic heterocycles. The quantitative estimate of drug-likeness (QED) is 0.444. The Hall–Kier alpha value is -3.34. The molecule has 6 heteroatoms. The number of allylic oxidation sites excluding steroid dienone is 1. The van der Waals surface area contributed by atoms with E-state index in [0.717, 1.165) is 11.1 Å². The molecule has 1 atom stereocenters. The first kappa shape index (κ1) is 21.9. The minimum absolute atomic E-state index is 0.0106. The maximum absolute atomic E-state index is 13.2. The highest BCUT2D eigenvalue weighted by Gasteiger charge is 2.43. The zero-order valence-corrected chi connectivity index (χ0v) is 18.4. The minimum Gasteiger partial charge on any atom is -0.503 e. The summed E-state index contributed by atoms with van der Waals surface area (Å²) in [6.45, 7) is 0.216. The summed E-state index contributed by atoms with van der Waals surface area (Å²) in [5.41, 5.74) is 2.30. The first-order valence-electron chi connectivity index (χ1n) is 9.96. The standard InChI is InChI=1S/C26H19Cl2NO3/c27-20-13-12-19(15-21(20)28)24-23(22(30)14-11-17-7-3-1-4-8-17)25(31)26(32)29(24)16-18-9-5-2-6-10-18/h1-15,24,31H,16H2/b14-11+. The zero-order chi connectivity index (χ0) is 22.7. The Morgan fingerprint density at radius 2 is 1.59 bits per heavy atom. The van der Waals surface area contributed by atoms with Crippen LogP contribution in [0, 0.1) is 0 Å². The zero-order valence-electron chi connectivity index (χ0n) is 16.9. The number of rotatable bonds is 6. The molecule has 4 rings (SSSR count). The van der Waals surface area contributed by atoms with E-state index in [1.807, 2.05) is 60.7 Å². The SMILES string of the molecule is O=C(/C=C/c1ccccc1)C1=C(O)C(=O)N(Cc2ccccc2)C1c1ccc(Cl)c(Cl)c1. The van der Waals surface area contributed by atoms with Gasteiger partial charge in [0.2, 0.25) is 0 Å². The fourth-order valence-electron chi connectivity index (χ4n) is 3.70. The molecule has 1 unspecified atom stereocenters. The predicted octanol–water partition coefficient (Wildman–Crippen LogP) is 6.17. The molecule has 1 aliphatic heterocycles. The van der Waals surface area contributed by atoms with Crippen molar-refractivity contribution in [3.8, 4) is 0 Å². The third-order valence-electron chi connectivity index (χ3n) is 5.25. The third-order valence-corrected chi connectivity index (χ3v) is 5.99. The number of amides is 1. The Morgan fingerprint density at radius 3 is 2.25 bits per heavy atom. The van der Waals surface area contributed by atoms with Gasteiger partial charge in [-0.3, -0.25) is 9.59 Å². The molecule has 0 bridgehead atoms. The Labute approximate surface area is 196 Å². The van der Waals surface area contributed by atoms with Gasteiger partial charge in [0.15, 0.2) is 11.5 Å². The summed E-state index contributed by atoms with van der Waals surface area (Å²) in [4.78, 5) is 27.6. The highest BCUT2D eigenvalue weighted by atomic mass is 35.5. The average Bonchev–Trinajstić information content (AvgIpc) is 3.06. The fourth-order valence-corrected chi connectivity index (χ4v) is 4.01. The lowest BCUT2D eigenvalue weighted by atomic mass is 9.95. The number of hydrogen-bond donors (Lipinski definition) is 1. The summed E-state index contributed by atoms with van der Waals surface area (Å²) < 4.78 is 0. The maximum atomic E-state index is 13.2. The van der Waals surface area contributed by atoms with Crippen LogP contribution >= 0.6 is 23.2 Å². The van der Waals surface area contributed by atoms with Gasteiger partial charge in [-0.1, -0.05) is 96.0 Å². The van der Waals surface area contributed by atoms with Crippen LogP contribution < -0.4 is 0 Å².